The number of thiazole rings is 1. The maximum Gasteiger partial charge on any atom is 0.231 e. The van der Waals surface area contributed by atoms with Crippen molar-refractivity contribution in [2.24, 2.45) is 10.2 Å². The molecule has 0 unspecified atom stereocenters. The lowest BCUT2D eigenvalue weighted by molar-refractivity contribution is 0.459. The van der Waals surface area contributed by atoms with E-state index in [1.54, 1.807) is 6.07 Å². The molecule has 0 atom stereocenters. The first-order chi connectivity index (χ1) is 11.1. The number of azo groups is 1. The molecule has 0 saturated carbocycles. The molecule has 0 aliphatic heterocycles. The van der Waals surface area contributed by atoms with Gasteiger partial charge in [-0.3, -0.25) is 0 Å². The van der Waals surface area contributed by atoms with Crippen LogP contribution in [0.1, 0.15) is 5.56 Å². The predicted molar refractivity (Wildman–Crippen MR) is 93.5 cm³/mol. The molecule has 0 aliphatic carbocycles. The Kier molecular flexibility index (Phi) is 3.28. The molecule has 2 aromatic heterocycles. The minimum atomic E-state index is -0.0322. The molecule has 0 radical (unpaired) electrons. The number of hydrogen-bond donors (Lipinski definition) is 2. The minimum Gasteiger partial charge on any atom is -0.493 e. The third-order valence-corrected chi connectivity index (χ3v) is 4.68. The van der Waals surface area contributed by atoms with Crippen LogP contribution in [0.2, 0.25) is 5.02 Å². The van der Waals surface area contributed by atoms with E-state index in [1.807, 2.05) is 37.3 Å². The van der Waals surface area contributed by atoms with Gasteiger partial charge in [-0.1, -0.05) is 35.1 Å². The van der Waals surface area contributed by atoms with Crippen LogP contribution in [0.3, 0.4) is 0 Å². The first kappa shape index (κ1) is 14.2. The number of aromatic hydroxyl groups is 1. The maximum absolute atomic E-state index is 10.1. The normalized spacial score (nSPS) is 11.9. The SMILES string of the molecule is Cc1cc(Cl)cc2c(N=Nc3nc4ccccc4s3)c(O)[nH]c12. The number of nitrogens with one attached hydrogen (secondary N) is 1. The van der Waals surface area contributed by atoms with E-state index in [0.29, 0.717) is 15.8 Å². The van der Waals surface area contributed by atoms with E-state index in [4.69, 9.17) is 11.6 Å². The van der Waals surface area contributed by atoms with Crippen LogP contribution < -0.4 is 0 Å². The van der Waals surface area contributed by atoms with Crippen LogP contribution in [0.4, 0.5) is 10.8 Å². The molecule has 0 spiro atoms. The van der Waals surface area contributed by atoms with Gasteiger partial charge >= 0.3 is 0 Å². The number of aromatic nitrogens is 2. The molecule has 0 fully saturated rings. The molecule has 0 bridgehead atoms. The summed E-state index contributed by atoms with van der Waals surface area (Å²) >= 11 is 7.54. The molecule has 2 heterocycles. The number of H-pyrrole nitrogens is 1. The smallest absolute Gasteiger partial charge is 0.231 e. The zero-order valence-electron chi connectivity index (χ0n) is 12.0. The quantitative estimate of drug-likeness (QED) is 0.448. The van der Waals surface area contributed by atoms with Crippen molar-refractivity contribution in [1.82, 2.24) is 9.97 Å². The van der Waals surface area contributed by atoms with Gasteiger partial charge in [0, 0.05) is 10.4 Å². The lowest BCUT2D eigenvalue weighted by Crippen LogP contribution is -1.76. The van der Waals surface area contributed by atoms with E-state index in [9.17, 15) is 5.11 Å². The Balaban J connectivity index is 1.81. The zero-order valence-corrected chi connectivity index (χ0v) is 13.6. The van der Waals surface area contributed by atoms with Gasteiger partial charge in [0.25, 0.3) is 0 Å². The Labute approximate surface area is 140 Å². The van der Waals surface area contributed by atoms with E-state index in [-0.39, 0.29) is 5.88 Å². The van der Waals surface area contributed by atoms with Gasteiger partial charge in [0.1, 0.15) is 0 Å². The van der Waals surface area contributed by atoms with E-state index in [2.05, 4.69) is 20.2 Å². The number of aromatic amines is 1. The number of benzene rings is 2. The van der Waals surface area contributed by atoms with Gasteiger partial charge < -0.3 is 10.1 Å². The molecule has 4 rings (SSSR count). The molecule has 0 amide bonds. The third kappa shape index (κ3) is 2.46. The van der Waals surface area contributed by atoms with Crippen LogP contribution in [-0.2, 0) is 0 Å². The first-order valence-electron chi connectivity index (χ1n) is 6.90. The Morgan fingerprint density at radius 3 is 2.87 bits per heavy atom. The second kappa shape index (κ2) is 5.33. The highest BCUT2D eigenvalue weighted by molar-refractivity contribution is 7.21. The van der Waals surface area contributed by atoms with Crippen LogP contribution in [0.25, 0.3) is 21.1 Å². The molecule has 0 aliphatic rings. The van der Waals surface area contributed by atoms with Crippen molar-refractivity contribution in [1.29, 1.82) is 0 Å². The molecule has 7 heteroatoms. The van der Waals surface area contributed by atoms with Crippen molar-refractivity contribution in [2.75, 3.05) is 0 Å². The molecule has 2 aromatic carbocycles. The standard InChI is InChI=1S/C16H11ClN4OS/c1-8-6-9(17)7-10-13(8)19-15(22)14(10)20-21-16-18-11-4-2-3-5-12(11)23-16/h2-7,19,22H,1H3. The van der Waals surface area contributed by atoms with Crippen molar-refractivity contribution in [3.05, 3.63) is 47.0 Å². The molecular weight excluding hydrogens is 332 g/mol. The molecule has 114 valence electrons. The molecular formula is C16H11ClN4OS. The van der Waals surface area contributed by atoms with Gasteiger partial charge in [0.05, 0.1) is 15.7 Å². The first-order valence-corrected chi connectivity index (χ1v) is 8.09. The summed E-state index contributed by atoms with van der Waals surface area (Å²) < 4.78 is 1.04. The van der Waals surface area contributed by atoms with Crippen LogP contribution in [0.15, 0.2) is 46.6 Å². The highest BCUT2D eigenvalue weighted by Gasteiger charge is 2.13. The Hall–Kier alpha value is -2.44. The van der Waals surface area contributed by atoms with Crippen molar-refractivity contribution < 1.29 is 5.11 Å². The maximum atomic E-state index is 10.1. The summed E-state index contributed by atoms with van der Waals surface area (Å²) in [5, 5.41) is 20.3. The molecule has 4 aromatic rings. The van der Waals surface area contributed by atoms with Gasteiger partial charge in [0.2, 0.25) is 11.0 Å². The van der Waals surface area contributed by atoms with Crippen LogP contribution in [0, 0.1) is 6.92 Å². The fourth-order valence-electron chi connectivity index (χ4n) is 2.50. The lowest BCUT2D eigenvalue weighted by atomic mass is 10.1. The number of para-hydroxylation sites is 1. The Bertz CT molecular complexity index is 1030. The number of halogens is 1. The van der Waals surface area contributed by atoms with Crippen molar-refractivity contribution in [2.45, 2.75) is 6.92 Å². The Morgan fingerprint density at radius 1 is 1.22 bits per heavy atom. The summed E-state index contributed by atoms with van der Waals surface area (Å²) in [5.74, 6) is -0.0322. The average molecular weight is 343 g/mol. The predicted octanol–water partition coefficient (Wildman–Crippen LogP) is 5.86. The van der Waals surface area contributed by atoms with Crippen LogP contribution >= 0.6 is 22.9 Å². The molecule has 23 heavy (non-hydrogen) atoms. The number of aryl methyl sites for hydroxylation is 1. The monoisotopic (exact) mass is 342 g/mol. The minimum absolute atomic E-state index is 0.0322. The second-order valence-corrected chi connectivity index (χ2v) is 6.58. The van der Waals surface area contributed by atoms with Crippen LogP contribution in [0.5, 0.6) is 5.88 Å². The summed E-state index contributed by atoms with van der Waals surface area (Å²) in [6, 6.07) is 11.4. The average Bonchev–Trinajstić information content (AvgIpc) is 3.06. The summed E-state index contributed by atoms with van der Waals surface area (Å²) in [4.78, 5) is 7.31. The van der Waals surface area contributed by atoms with Gasteiger partial charge in [-0.25, -0.2) is 4.98 Å². The Morgan fingerprint density at radius 2 is 2.04 bits per heavy atom. The number of hydrogen-bond acceptors (Lipinski definition) is 5. The fraction of sp³-hybridized carbons (Fsp3) is 0.0625. The summed E-state index contributed by atoms with van der Waals surface area (Å²) in [5.41, 5.74) is 2.98. The van der Waals surface area contributed by atoms with E-state index < -0.39 is 0 Å². The van der Waals surface area contributed by atoms with Gasteiger partial charge in [-0.2, -0.15) is 0 Å². The highest BCUT2D eigenvalue weighted by atomic mass is 35.5. The fourth-order valence-corrected chi connectivity index (χ4v) is 3.56. The number of nitrogens with zero attached hydrogens (tertiary/aromatic N) is 3. The van der Waals surface area contributed by atoms with Gasteiger partial charge in [-0.05, 0) is 36.8 Å². The van der Waals surface area contributed by atoms with Gasteiger partial charge in [-0.15, -0.1) is 10.2 Å². The number of fused-ring (bicyclic) bond motifs is 2. The van der Waals surface area contributed by atoms with Crippen LogP contribution in [-0.4, -0.2) is 15.1 Å². The molecule has 0 saturated heterocycles. The topological polar surface area (TPSA) is 73.6 Å². The zero-order chi connectivity index (χ0) is 16.0. The van der Waals surface area contributed by atoms with E-state index in [0.717, 1.165) is 26.7 Å². The number of rotatable bonds is 2. The lowest BCUT2D eigenvalue weighted by Gasteiger charge is -1.97. The largest absolute Gasteiger partial charge is 0.493 e. The van der Waals surface area contributed by atoms with Gasteiger partial charge in [0.15, 0.2) is 5.69 Å². The molecule has 5 nitrogen and oxygen atoms in total. The highest BCUT2D eigenvalue weighted by Crippen LogP contribution is 2.39. The summed E-state index contributed by atoms with van der Waals surface area (Å²) in [6.07, 6.45) is 0. The third-order valence-electron chi connectivity index (χ3n) is 3.54. The van der Waals surface area contributed by atoms with E-state index >= 15 is 0 Å². The van der Waals surface area contributed by atoms with Crippen molar-refractivity contribution in [3.8, 4) is 5.88 Å². The van der Waals surface area contributed by atoms with Crippen molar-refractivity contribution in [3.63, 3.8) is 0 Å². The summed E-state index contributed by atoms with van der Waals surface area (Å²) in [6.45, 7) is 1.92. The second-order valence-electron chi connectivity index (χ2n) is 5.13. The summed E-state index contributed by atoms with van der Waals surface area (Å²) in [7, 11) is 0. The molecule has 2 N–H and O–H groups in total. The van der Waals surface area contributed by atoms with Crippen molar-refractivity contribution >= 4 is 54.9 Å². The van der Waals surface area contributed by atoms with E-state index in [1.165, 1.54) is 11.3 Å².